The normalized spacial score (nSPS) is 18.6. The van der Waals surface area contributed by atoms with Crippen LogP contribution in [-0.4, -0.2) is 22.6 Å². The molecule has 3 heteroatoms. The zero-order valence-electron chi connectivity index (χ0n) is 17.8. The fourth-order valence-corrected chi connectivity index (χ4v) is 4.20. The third-order valence-corrected chi connectivity index (χ3v) is 5.86. The predicted molar refractivity (Wildman–Crippen MR) is 125 cm³/mol. The molecule has 0 aliphatic carbocycles. The monoisotopic (exact) mass is 409 g/mol. The van der Waals surface area contributed by atoms with E-state index in [4.69, 9.17) is 0 Å². The van der Waals surface area contributed by atoms with Crippen LogP contribution >= 0.6 is 0 Å². The van der Waals surface area contributed by atoms with Crippen molar-refractivity contribution in [2.75, 3.05) is 0 Å². The van der Waals surface area contributed by atoms with Crippen LogP contribution in [0.15, 0.2) is 97.2 Å². The van der Waals surface area contributed by atoms with Gasteiger partial charge in [0.25, 0.3) is 0 Å². The molecular formula is C28H27NO2. The van der Waals surface area contributed by atoms with E-state index in [0.717, 1.165) is 12.8 Å². The molecule has 1 aliphatic heterocycles. The van der Waals surface area contributed by atoms with Gasteiger partial charge >= 0.3 is 0 Å². The second-order valence-electron chi connectivity index (χ2n) is 7.98. The van der Waals surface area contributed by atoms with E-state index >= 15 is 0 Å². The molecule has 0 radical (unpaired) electrons. The molecule has 31 heavy (non-hydrogen) atoms. The number of benzene rings is 3. The number of carbonyl (C=O) groups is 2. The van der Waals surface area contributed by atoms with Crippen LogP contribution in [0.2, 0.25) is 0 Å². The van der Waals surface area contributed by atoms with Gasteiger partial charge in [-0.3, -0.25) is 9.59 Å². The van der Waals surface area contributed by atoms with Gasteiger partial charge in [0.1, 0.15) is 5.92 Å². The van der Waals surface area contributed by atoms with Crippen molar-refractivity contribution < 1.29 is 9.59 Å². The number of carbonyl (C=O) groups excluding carboxylic acids is 2. The summed E-state index contributed by atoms with van der Waals surface area (Å²) in [6, 6.07) is 27.9. The lowest BCUT2D eigenvalue weighted by atomic mass is 9.92. The molecule has 3 aromatic carbocycles. The highest BCUT2D eigenvalue weighted by molar-refractivity contribution is 6.11. The van der Waals surface area contributed by atoms with E-state index in [0.29, 0.717) is 12.0 Å². The summed E-state index contributed by atoms with van der Waals surface area (Å²) >= 11 is 0. The van der Waals surface area contributed by atoms with Crippen molar-refractivity contribution in [1.29, 1.82) is 0 Å². The molecule has 0 spiro atoms. The molecule has 4 rings (SSSR count). The van der Waals surface area contributed by atoms with Gasteiger partial charge in [0.2, 0.25) is 5.91 Å². The molecule has 3 aromatic rings. The first-order valence-corrected chi connectivity index (χ1v) is 10.9. The number of hydrogen-bond donors (Lipinski definition) is 0. The second kappa shape index (κ2) is 9.57. The van der Waals surface area contributed by atoms with Gasteiger partial charge in [0.15, 0.2) is 5.78 Å². The Morgan fingerprint density at radius 3 is 2.16 bits per heavy atom. The van der Waals surface area contributed by atoms with E-state index < -0.39 is 5.92 Å². The van der Waals surface area contributed by atoms with Crippen LogP contribution in [0.3, 0.4) is 0 Å². The van der Waals surface area contributed by atoms with E-state index in [1.54, 1.807) is 17.0 Å². The lowest BCUT2D eigenvalue weighted by molar-refractivity contribution is -0.128. The summed E-state index contributed by atoms with van der Waals surface area (Å²) in [6.45, 7) is 2.04. The molecule has 0 N–H and O–H groups in total. The molecule has 1 unspecified atom stereocenters. The highest BCUT2D eigenvalue weighted by Crippen LogP contribution is 2.31. The van der Waals surface area contributed by atoms with Crippen molar-refractivity contribution in [1.82, 2.24) is 4.90 Å². The Bertz CT molecular complexity index is 1060. The summed E-state index contributed by atoms with van der Waals surface area (Å²) < 4.78 is 0. The summed E-state index contributed by atoms with van der Waals surface area (Å²) in [5, 5.41) is 0. The number of amides is 1. The molecule has 0 saturated carbocycles. The van der Waals surface area contributed by atoms with Gasteiger partial charge in [-0.15, -0.1) is 0 Å². The Hall–Kier alpha value is -3.46. The summed E-state index contributed by atoms with van der Waals surface area (Å²) in [7, 11) is 0. The van der Waals surface area contributed by atoms with Gasteiger partial charge in [0.05, 0.1) is 0 Å². The highest BCUT2D eigenvalue weighted by atomic mass is 16.2. The van der Waals surface area contributed by atoms with Crippen molar-refractivity contribution in [3.63, 3.8) is 0 Å². The average molecular weight is 410 g/mol. The van der Waals surface area contributed by atoms with Crippen LogP contribution in [0.5, 0.6) is 0 Å². The van der Waals surface area contributed by atoms with Crippen LogP contribution < -0.4 is 0 Å². The number of nitrogens with zero attached hydrogens (tertiary/aromatic N) is 1. The maximum absolute atomic E-state index is 13.1. The zero-order chi connectivity index (χ0) is 21.6. The van der Waals surface area contributed by atoms with Crippen molar-refractivity contribution in [3.8, 4) is 11.1 Å². The number of hydrogen-bond acceptors (Lipinski definition) is 2. The fourth-order valence-electron chi connectivity index (χ4n) is 4.20. The third-order valence-electron chi connectivity index (χ3n) is 5.86. The molecule has 1 aliphatic rings. The maximum atomic E-state index is 13.1. The lowest BCUT2D eigenvalue weighted by Crippen LogP contribution is -2.31. The summed E-state index contributed by atoms with van der Waals surface area (Å²) in [5.74, 6) is -0.788. The summed E-state index contributed by atoms with van der Waals surface area (Å²) in [6.07, 6.45) is 5.97. The molecule has 1 saturated heterocycles. The molecule has 1 amide bonds. The highest BCUT2D eigenvalue weighted by Gasteiger charge is 2.42. The lowest BCUT2D eigenvalue weighted by Gasteiger charge is -2.21. The van der Waals surface area contributed by atoms with Gasteiger partial charge in [-0.05, 0) is 36.0 Å². The van der Waals surface area contributed by atoms with Crippen LogP contribution in [0.25, 0.3) is 11.1 Å². The smallest absolute Gasteiger partial charge is 0.237 e. The number of Topliss-reactive ketones (excluding diaryl/α,β-unsaturated/α-hetero) is 1. The van der Waals surface area contributed by atoms with Crippen molar-refractivity contribution >= 4 is 11.7 Å². The maximum Gasteiger partial charge on any atom is 0.237 e. The van der Waals surface area contributed by atoms with E-state index in [2.05, 4.69) is 36.4 Å². The summed E-state index contributed by atoms with van der Waals surface area (Å²) in [5.41, 5.74) is 4.13. The van der Waals surface area contributed by atoms with Gasteiger partial charge in [-0.25, -0.2) is 0 Å². The van der Waals surface area contributed by atoms with Crippen LogP contribution in [0.4, 0.5) is 0 Å². The van der Waals surface area contributed by atoms with Crippen LogP contribution in [-0.2, 0) is 11.2 Å². The molecule has 2 atom stereocenters. The SMILES string of the molecule is CC/C=C/N1C(=O)C(C(=O)c2ccccc2)C[C@H]1Cc1ccc(-c2ccccc2)cc1. The minimum atomic E-state index is -0.613. The van der Waals surface area contributed by atoms with Gasteiger partial charge in [-0.2, -0.15) is 0 Å². The van der Waals surface area contributed by atoms with E-state index in [1.807, 2.05) is 55.6 Å². The minimum absolute atomic E-state index is 0.0180. The van der Waals surface area contributed by atoms with E-state index in [1.165, 1.54) is 16.7 Å². The average Bonchev–Trinajstić information content (AvgIpc) is 3.13. The Kier molecular flexibility index (Phi) is 6.42. The topological polar surface area (TPSA) is 37.4 Å². The fraction of sp³-hybridized carbons (Fsp3) is 0.214. The molecule has 1 fully saturated rings. The number of allylic oxidation sites excluding steroid dienone is 1. The number of rotatable bonds is 7. The quantitative estimate of drug-likeness (QED) is 0.359. The largest absolute Gasteiger partial charge is 0.315 e. The Balaban J connectivity index is 1.53. The number of likely N-dealkylation sites (tertiary alicyclic amines) is 1. The second-order valence-corrected chi connectivity index (χ2v) is 7.98. The first-order valence-electron chi connectivity index (χ1n) is 10.9. The Labute approximate surface area is 184 Å². The summed E-state index contributed by atoms with van der Waals surface area (Å²) in [4.78, 5) is 27.9. The molecule has 0 bridgehead atoms. The first-order chi connectivity index (χ1) is 15.2. The van der Waals surface area contributed by atoms with Crippen molar-refractivity contribution in [2.45, 2.75) is 32.2 Å². The van der Waals surface area contributed by atoms with Crippen molar-refractivity contribution in [2.24, 2.45) is 5.92 Å². The predicted octanol–water partition coefficient (Wildman–Crippen LogP) is 5.92. The van der Waals surface area contributed by atoms with E-state index in [9.17, 15) is 9.59 Å². The van der Waals surface area contributed by atoms with Crippen molar-refractivity contribution in [3.05, 3.63) is 108 Å². The Morgan fingerprint density at radius 2 is 1.52 bits per heavy atom. The molecule has 0 aromatic heterocycles. The first kappa shape index (κ1) is 20.8. The van der Waals surface area contributed by atoms with Crippen LogP contribution in [0.1, 0.15) is 35.7 Å². The molecule has 3 nitrogen and oxygen atoms in total. The standard InChI is InChI=1S/C28H27NO2/c1-2-3-18-29-25(20-26(28(29)31)27(30)24-12-8-5-9-13-24)19-21-14-16-23(17-15-21)22-10-6-4-7-11-22/h3-18,25-26H,2,19-20H2,1H3/b18-3+/t25-,26?/m1/s1. The minimum Gasteiger partial charge on any atom is -0.315 e. The third kappa shape index (κ3) is 4.66. The van der Waals surface area contributed by atoms with Gasteiger partial charge in [-0.1, -0.05) is 97.9 Å². The van der Waals surface area contributed by atoms with Gasteiger partial charge < -0.3 is 4.90 Å². The van der Waals surface area contributed by atoms with E-state index in [-0.39, 0.29) is 17.7 Å². The molecular weight excluding hydrogens is 382 g/mol. The molecule has 1 heterocycles. The van der Waals surface area contributed by atoms with Gasteiger partial charge in [0, 0.05) is 17.8 Å². The zero-order valence-corrected chi connectivity index (χ0v) is 17.8. The number of ketones is 1. The molecule has 156 valence electrons. The Morgan fingerprint density at radius 1 is 0.903 bits per heavy atom. The van der Waals surface area contributed by atoms with Crippen LogP contribution in [0, 0.1) is 5.92 Å².